The molecular weight excluding hydrogens is 330 g/mol. The van der Waals surface area contributed by atoms with Gasteiger partial charge in [-0.05, 0) is 37.0 Å². The molecule has 0 saturated heterocycles. The zero-order chi connectivity index (χ0) is 14.3. The number of carbonyl (C=O) groups excluding carboxylic acids is 1. The van der Waals surface area contributed by atoms with Crippen LogP contribution in [0.15, 0.2) is 18.2 Å². The summed E-state index contributed by atoms with van der Waals surface area (Å²) in [5.74, 6) is 1.00. The number of ether oxygens (including phenoxy) is 1. The van der Waals surface area contributed by atoms with Crippen molar-refractivity contribution < 1.29 is 9.53 Å². The molecule has 106 valence electrons. The Kier molecular flexibility index (Phi) is 7.24. The molecule has 19 heavy (non-hydrogen) atoms. The number of alkyl halides is 1. The molecule has 0 fully saturated rings. The number of nitrogens with one attached hydrogen (secondary N) is 1. The van der Waals surface area contributed by atoms with Crippen LogP contribution in [-0.2, 0) is 0 Å². The SMILES string of the molecule is COc1cc(Cl)ccc1C(=O)NCCCC(C)CBr. The highest BCUT2D eigenvalue weighted by Gasteiger charge is 2.12. The molecule has 1 rings (SSSR count). The van der Waals surface area contributed by atoms with Gasteiger partial charge in [0.05, 0.1) is 12.7 Å². The fraction of sp³-hybridized carbons (Fsp3) is 0.500. The minimum atomic E-state index is -0.125. The summed E-state index contributed by atoms with van der Waals surface area (Å²) in [5.41, 5.74) is 0.514. The molecular formula is C14H19BrClNO2. The van der Waals surface area contributed by atoms with E-state index >= 15 is 0 Å². The van der Waals surface area contributed by atoms with Crippen LogP contribution >= 0.6 is 27.5 Å². The van der Waals surface area contributed by atoms with Crippen molar-refractivity contribution in [2.75, 3.05) is 19.0 Å². The second-order valence-electron chi connectivity index (χ2n) is 4.50. The summed E-state index contributed by atoms with van der Waals surface area (Å²) in [6.07, 6.45) is 2.05. The maximum atomic E-state index is 12.0. The smallest absolute Gasteiger partial charge is 0.255 e. The minimum Gasteiger partial charge on any atom is -0.496 e. The van der Waals surface area contributed by atoms with E-state index in [1.807, 2.05) is 0 Å². The van der Waals surface area contributed by atoms with Gasteiger partial charge in [-0.15, -0.1) is 0 Å². The average molecular weight is 349 g/mol. The van der Waals surface area contributed by atoms with Gasteiger partial charge in [0.2, 0.25) is 0 Å². The topological polar surface area (TPSA) is 38.3 Å². The predicted molar refractivity (Wildman–Crippen MR) is 82.5 cm³/mol. The maximum absolute atomic E-state index is 12.0. The number of amides is 1. The van der Waals surface area contributed by atoms with Crippen LogP contribution in [0.25, 0.3) is 0 Å². The second kappa shape index (κ2) is 8.43. The number of methoxy groups -OCH3 is 1. The van der Waals surface area contributed by atoms with Crippen LogP contribution < -0.4 is 10.1 Å². The Hall–Kier alpha value is -0.740. The van der Waals surface area contributed by atoms with Crippen molar-refractivity contribution in [2.24, 2.45) is 5.92 Å². The third-order valence-corrected chi connectivity index (χ3v) is 4.17. The van der Waals surface area contributed by atoms with Gasteiger partial charge in [-0.3, -0.25) is 4.79 Å². The first-order valence-electron chi connectivity index (χ1n) is 6.26. The molecule has 1 amide bonds. The summed E-state index contributed by atoms with van der Waals surface area (Å²) in [6.45, 7) is 2.85. The summed E-state index contributed by atoms with van der Waals surface area (Å²) in [5, 5.41) is 4.44. The lowest BCUT2D eigenvalue weighted by atomic mass is 10.1. The van der Waals surface area contributed by atoms with Crippen molar-refractivity contribution in [1.29, 1.82) is 0 Å². The van der Waals surface area contributed by atoms with Gasteiger partial charge in [-0.2, -0.15) is 0 Å². The Morgan fingerprint density at radius 3 is 2.89 bits per heavy atom. The number of hydrogen-bond acceptors (Lipinski definition) is 2. The fourth-order valence-electron chi connectivity index (χ4n) is 1.68. The van der Waals surface area contributed by atoms with E-state index in [-0.39, 0.29) is 5.91 Å². The molecule has 1 aromatic carbocycles. The Labute approximate surface area is 127 Å². The standard InChI is InChI=1S/C14H19BrClNO2/c1-10(9-15)4-3-7-17-14(18)12-6-5-11(16)8-13(12)19-2/h5-6,8,10H,3-4,7,9H2,1-2H3,(H,17,18). The highest BCUT2D eigenvalue weighted by atomic mass is 79.9. The molecule has 0 spiro atoms. The monoisotopic (exact) mass is 347 g/mol. The molecule has 0 saturated carbocycles. The average Bonchev–Trinajstić information content (AvgIpc) is 2.42. The Bertz CT molecular complexity index is 426. The van der Waals surface area contributed by atoms with Crippen LogP contribution in [0, 0.1) is 5.92 Å². The molecule has 0 aliphatic heterocycles. The number of carbonyl (C=O) groups is 1. The van der Waals surface area contributed by atoms with E-state index in [2.05, 4.69) is 28.2 Å². The van der Waals surface area contributed by atoms with Crippen LogP contribution in [0.4, 0.5) is 0 Å². The van der Waals surface area contributed by atoms with Crippen LogP contribution in [0.2, 0.25) is 5.02 Å². The molecule has 5 heteroatoms. The third kappa shape index (κ3) is 5.41. The van der Waals surface area contributed by atoms with Crippen LogP contribution in [0.5, 0.6) is 5.75 Å². The molecule has 0 bridgehead atoms. The van der Waals surface area contributed by atoms with Gasteiger partial charge in [-0.25, -0.2) is 0 Å². The highest BCUT2D eigenvalue weighted by molar-refractivity contribution is 9.09. The van der Waals surface area contributed by atoms with E-state index in [4.69, 9.17) is 16.3 Å². The molecule has 1 aromatic rings. The number of rotatable bonds is 7. The quantitative estimate of drug-likeness (QED) is 0.599. The number of halogens is 2. The summed E-state index contributed by atoms with van der Waals surface area (Å²) < 4.78 is 5.16. The summed E-state index contributed by atoms with van der Waals surface area (Å²) in [7, 11) is 1.53. The first-order valence-corrected chi connectivity index (χ1v) is 7.76. The Balaban J connectivity index is 2.49. The minimum absolute atomic E-state index is 0.125. The van der Waals surface area contributed by atoms with Gasteiger partial charge in [0.15, 0.2) is 0 Å². The molecule has 1 N–H and O–H groups in total. The Morgan fingerprint density at radius 1 is 1.53 bits per heavy atom. The van der Waals surface area contributed by atoms with Gasteiger partial charge >= 0.3 is 0 Å². The van der Waals surface area contributed by atoms with E-state index in [9.17, 15) is 4.79 Å². The van der Waals surface area contributed by atoms with E-state index in [1.165, 1.54) is 7.11 Å². The van der Waals surface area contributed by atoms with Crippen molar-refractivity contribution in [3.8, 4) is 5.75 Å². The largest absolute Gasteiger partial charge is 0.496 e. The predicted octanol–water partition coefficient (Wildman–Crippen LogP) is 3.89. The maximum Gasteiger partial charge on any atom is 0.255 e. The molecule has 0 radical (unpaired) electrons. The van der Waals surface area contributed by atoms with Crippen molar-refractivity contribution in [3.63, 3.8) is 0 Å². The van der Waals surface area contributed by atoms with Crippen LogP contribution in [-0.4, -0.2) is 24.9 Å². The summed E-state index contributed by atoms with van der Waals surface area (Å²) >= 11 is 9.30. The van der Waals surface area contributed by atoms with Crippen molar-refractivity contribution in [3.05, 3.63) is 28.8 Å². The lowest BCUT2D eigenvalue weighted by Gasteiger charge is -2.11. The summed E-state index contributed by atoms with van der Waals surface area (Å²) in [6, 6.07) is 5.01. The van der Waals surface area contributed by atoms with Crippen LogP contribution in [0.1, 0.15) is 30.1 Å². The first kappa shape index (κ1) is 16.3. The second-order valence-corrected chi connectivity index (χ2v) is 5.59. The zero-order valence-electron chi connectivity index (χ0n) is 11.2. The lowest BCUT2D eigenvalue weighted by Crippen LogP contribution is -2.25. The highest BCUT2D eigenvalue weighted by Crippen LogP contribution is 2.22. The van der Waals surface area contributed by atoms with Gasteiger partial charge in [0.25, 0.3) is 5.91 Å². The van der Waals surface area contributed by atoms with Gasteiger partial charge in [-0.1, -0.05) is 34.5 Å². The van der Waals surface area contributed by atoms with E-state index in [0.29, 0.717) is 28.8 Å². The molecule has 1 atom stereocenters. The van der Waals surface area contributed by atoms with Crippen LogP contribution in [0.3, 0.4) is 0 Å². The van der Waals surface area contributed by atoms with Crippen molar-refractivity contribution >= 4 is 33.4 Å². The fourth-order valence-corrected chi connectivity index (χ4v) is 2.16. The third-order valence-electron chi connectivity index (χ3n) is 2.83. The molecule has 3 nitrogen and oxygen atoms in total. The number of hydrogen-bond donors (Lipinski definition) is 1. The normalized spacial score (nSPS) is 12.0. The van der Waals surface area contributed by atoms with Crippen molar-refractivity contribution in [2.45, 2.75) is 19.8 Å². The first-order chi connectivity index (χ1) is 9.08. The molecule has 1 unspecified atom stereocenters. The van der Waals surface area contributed by atoms with E-state index in [0.717, 1.165) is 18.2 Å². The molecule has 0 aromatic heterocycles. The zero-order valence-corrected chi connectivity index (χ0v) is 13.6. The van der Waals surface area contributed by atoms with Gasteiger partial charge in [0, 0.05) is 16.9 Å². The molecule has 0 aliphatic carbocycles. The van der Waals surface area contributed by atoms with Gasteiger partial charge < -0.3 is 10.1 Å². The molecule has 0 heterocycles. The van der Waals surface area contributed by atoms with Crippen molar-refractivity contribution in [1.82, 2.24) is 5.32 Å². The van der Waals surface area contributed by atoms with E-state index < -0.39 is 0 Å². The van der Waals surface area contributed by atoms with Gasteiger partial charge in [0.1, 0.15) is 5.75 Å². The Morgan fingerprint density at radius 2 is 2.26 bits per heavy atom. The lowest BCUT2D eigenvalue weighted by molar-refractivity contribution is 0.0949. The molecule has 0 aliphatic rings. The number of benzene rings is 1. The summed E-state index contributed by atoms with van der Waals surface area (Å²) in [4.78, 5) is 12.0. The van der Waals surface area contributed by atoms with E-state index in [1.54, 1.807) is 18.2 Å².